The summed E-state index contributed by atoms with van der Waals surface area (Å²) >= 11 is 9.35. The molecule has 30 heavy (non-hydrogen) atoms. The van der Waals surface area contributed by atoms with Crippen LogP contribution in [0.4, 0.5) is 5.13 Å². The van der Waals surface area contributed by atoms with Crippen molar-refractivity contribution in [3.8, 4) is 0 Å². The van der Waals surface area contributed by atoms with E-state index in [1.165, 1.54) is 11.3 Å². The number of hydrogen-bond donors (Lipinski definition) is 0. The summed E-state index contributed by atoms with van der Waals surface area (Å²) in [7, 11) is 0. The van der Waals surface area contributed by atoms with Gasteiger partial charge in [0, 0.05) is 23.0 Å². The minimum Gasteiger partial charge on any atom is -0.302 e. The van der Waals surface area contributed by atoms with Gasteiger partial charge < -0.3 is 4.90 Å². The number of aromatic nitrogens is 1. The zero-order valence-electron chi connectivity index (χ0n) is 17.4. The Bertz CT molecular complexity index is 976. The van der Waals surface area contributed by atoms with E-state index >= 15 is 0 Å². The molecule has 0 fully saturated rings. The lowest BCUT2D eigenvalue weighted by atomic mass is 10.2. The van der Waals surface area contributed by atoms with Gasteiger partial charge in [0.25, 0.3) is 5.91 Å². The van der Waals surface area contributed by atoms with Crippen molar-refractivity contribution in [2.24, 2.45) is 0 Å². The number of hydrogen-bond acceptors (Lipinski definition) is 5. The van der Waals surface area contributed by atoms with Crippen molar-refractivity contribution in [3.05, 3.63) is 53.1 Å². The summed E-state index contributed by atoms with van der Waals surface area (Å²) in [5.41, 5.74) is 1.60. The third-order valence-corrected chi connectivity index (χ3v) is 7.00. The largest absolute Gasteiger partial charge is 0.302 e. The molecule has 0 aliphatic rings. The Morgan fingerprint density at radius 2 is 1.83 bits per heavy atom. The van der Waals surface area contributed by atoms with Gasteiger partial charge in [-0.1, -0.05) is 55.8 Å². The molecule has 1 heterocycles. The smallest absolute Gasteiger partial charge is 0.261 e. The molecule has 1 amide bonds. The minimum absolute atomic E-state index is 0. The minimum atomic E-state index is -0.00106. The maximum Gasteiger partial charge on any atom is 0.261 e. The van der Waals surface area contributed by atoms with E-state index in [4.69, 9.17) is 16.6 Å². The van der Waals surface area contributed by atoms with Crippen molar-refractivity contribution in [2.75, 3.05) is 36.8 Å². The van der Waals surface area contributed by atoms with E-state index in [0.717, 1.165) is 51.2 Å². The fourth-order valence-corrected chi connectivity index (χ4v) is 5.20. The fourth-order valence-electron chi connectivity index (χ4n) is 3.14. The quantitative estimate of drug-likeness (QED) is 0.326. The predicted molar refractivity (Wildman–Crippen MR) is 134 cm³/mol. The van der Waals surface area contributed by atoms with Gasteiger partial charge in [0.2, 0.25) is 0 Å². The summed E-state index contributed by atoms with van der Waals surface area (Å²) in [6, 6.07) is 13.5. The number of benzene rings is 2. The highest BCUT2D eigenvalue weighted by atomic mass is 35.5. The molecule has 0 saturated heterocycles. The summed E-state index contributed by atoms with van der Waals surface area (Å²) in [5.74, 6) is 0.919. The zero-order valence-corrected chi connectivity index (χ0v) is 20.6. The average molecular weight is 485 g/mol. The molecule has 0 aliphatic carbocycles. The van der Waals surface area contributed by atoms with E-state index in [1.54, 1.807) is 11.8 Å². The van der Waals surface area contributed by atoms with Gasteiger partial charge in [-0.15, -0.1) is 24.2 Å². The Labute approximate surface area is 198 Å². The molecule has 4 nitrogen and oxygen atoms in total. The van der Waals surface area contributed by atoms with Crippen molar-refractivity contribution in [1.29, 1.82) is 0 Å². The van der Waals surface area contributed by atoms with Gasteiger partial charge in [-0.05, 0) is 49.2 Å². The van der Waals surface area contributed by atoms with Gasteiger partial charge in [-0.2, -0.15) is 0 Å². The molecule has 1 aromatic heterocycles. The Balaban J connectivity index is 0.00000320. The highest BCUT2D eigenvalue weighted by Crippen LogP contribution is 2.32. The van der Waals surface area contributed by atoms with Gasteiger partial charge >= 0.3 is 0 Å². The molecule has 162 valence electrons. The number of carbonyl (C=O) groups is 1. The lowest BCUT2D eigenvalue weighted by molar-refractivity contribution is 0.0981. The molecule has 2 aromatic carbocycles. The monoisotopic (exact) mass is 483 g/mol. The van der Waals surface area contributed by atoms with Crippen LogP contribution in [-0.2, 0) is 0 Å². The third kappa shape index (κ3) is 5.89. The van der Waals surface area contributed by atoms with Crippen LogP contribution in [-0.4, -0.2) is 47.7 Å². The lowest BCUT2D eigenvalue weighted by Gasteiger charge is -2.25. The van der Waals surface area contributed by atoms with Crippen LogP contribution in [0.5, 0.6) is 0 Å². The SMILES string of the molecule is CCSc1ccccc1C(=O)N(CCN(CC)CC)c1nc2ccc(Cl)cc2s1.Cl. The second kappa shape index (κ2) is 11.9. The van der Waals surface area contributed by atoms with Gasteiger partial charge in [-0.25, -0.2) is 4.98 Å². The fraction of sp³-hybridized carbons (Fsp3) is 0.364. The number of anilines is 1. The van der Waals surface area contributed by atoms with Crippen molar-refractivity contribution in [3.63, 3.8) is 0 Å². The first-order valence-corrected chi connectivity index (χ1v) is 12.1. The van der Waals surface area contributed by atoms with Crippen molar-refractivity contribution in [1.82, 2.24) is 9.88 Å². The molecule has 0 N–H and O–H groups in total. The first kappa shape index (κ1) is 25.0. The molecule has 0 spiro atoms. The molecule has 0 saturated carbocycles. The summed E-state index contributed by atoms with van der Waals surface area (Å²) in [4.78, 5) is 23.5. The van der Waals surface area contributed by atoms with Crippen LogP contribution in [0.3, 0.4) is 0 Å². The topological polar surface area (TPSA) is 36.4 Å². The number of nitrogens with zero attached hydrogens (tertiary/aromatic N) is 3. The number of halogens is 2. The molecule has 0 atom stereocenters. The van der Waals surface area contributed by atoms with Gasteiger partial charge in [0.1, 0.15) is 0 Å². The number of amides is 1. The molecule has 0 aliphatic heterocycles. The van der Waals surface area contributed by atoms with Crippen LogP contribution in [0.25, 0.3) is 10.2 Å². The standard InChI is InChI=1S/C22H26ClN3OS2.ClH/c1-4-25(5-2)13-14-26(21(27)17-9-7-8-10-19(17)28-6-3)22-24-18-12-11-16(23)15-20(18)29-22;/h7-12,15H,4-6,13-14H2,1-3H3;1H. The summed E-state index contributed by atoms with van der Waals surface area (Å²) < 4.78 is 0.990. The van der Waals surface area contributed by atoms with Crippen molar-refractivity contribution >= 4 is 68.4 Å². The number of thioether (sulfide) groups is 1. The second-order valence-corrected chi connectivity index (χ2v) is 9.27. The normalized spacial score (nSPS) is 11.0. The van der Waals surface area contributed by atoms with Crippen molar-refractivity contribution < 1.29 is 4.79 Å². The molecule has 0 unspecified atom stereocenters. The van der Waals surface area contributed by atoms with Crippen LogP contribution in [0.1, 0.15) is 31.1 Å². The molecular weight excluding hydrogens is 457 g/mol. The maximum absolute atomic E-state index is 13.6. The van der Waals surface area contributed by atoms with E-state index in [1.807, 2.05) is 47.4 Å². The van der Waals surface area contributed by atoms with E-state index in [2.05, 4.69) is 25.7 Å². The first-order valence-electron chi connectivity index (χ1n) is 9.89. The van der Waals surface area contributed by atoms with Gasteiger partial charge in [-0.3, -0.25) is 9.69 Å². The molecule has 0 radical (unpaired) electrons. The second-order valence-electron chi connectivity index (χ2n) is 6.52. The lowest BCUT2D eigenvalue weighted by Crippen LogP contribution is -2.39. The molecule has 8 heteroatoms. The molecule has 3 aromatic rings. The number of likely N-dealkylation sites (N-methyl/N-ethyl adjacent to an activating group) is 1. The predicted octanol–water partition coefficient (Wildman–Crippen LogP) is 6.47. The molecule has 0 bridgehead atoms. The Kier molecular flexibility index (Phi) is 9.91. The average Bonchev–Trinajstić information content (AvgIpc) is 3.14. The summed E-state index contributed by atoms with van der Waals surface area (Å²) in [5, 5.41) is 1.40. The summed E-state index contributed by atoms with van der Waals surface area (Å²) in [6.45, 7) is 9.69. The van der Waals surface area contributed by atoms with Gasteiger partial charge in [0.15, 0.2) is 5.13 Å². The number of fused-ring (bicyclic) bond motifs is 1. The van der Waals surface area contributed by atoms with Crippen LogP contribution in [0, 0.1) is 0 Å². The third-order valence-electron chi connectivity index (χ3n) is 4.77. The molecule has 3 rings (SSSR count). The van der Waals surface area contributed by atoms with Crippen LogP contribution < -0.4 is 4.90 Å². The number of carbonyl (C=O) groups excluding carboxylic acids is 1. The molecular formula is C22H27Cl2N3OS2. The number of thiazole rings is 1. The van der Waals surface area contributed by atoms with Crippen LogP contribution >= 0.6 is 47.1 Å². The van der Waals surface area contributed by atoms with E-state index in [-0.39, 0.29) is 18.3 Å². The highest BCUT2D eigenvalue weighted by molar-refractivity contribution is 7.99. The van der Waals surface area contributed by atoms with E-state index in [9.17, 15) is 4.79 Å². The van der Waals surface area contributed by atoms with E-state index in [0.29, 0.717) is 11.6 Å². The number of rotatable bonds is 9. The first-order chi connectivity index (χ1) is 14.1. The van der Waals surface area contributed by atoms with E-state index < -0.39 is 0 Å². The zero-order chi connectivity index (χ0) is 20.8. The van der Waals surface area contributed by atoms with Gasteiger partial charge in [0.05, 0.1) is 15.8 Å². The van der Waals surface area contributed by atoms with Crippen LogP contribution in [0.2, 0.25) is 5.02 Å². The Morgan fingerprint density at radius 1 is 1.10 bits per heavy atom. The summed E-state index contributed by atoms with van der Waals surface area (Å²) in [6.07, 6.45) is 0. The van der Waals surface area contributed by atoms with Crippen LogP contribution in [0.15, 0.2) is 47.4 Å². The van der Waals surface area contributed by atoms with Crippen molar-refractivity contribution in [2.45, 2.75) is 25.7 Å². The Hall–Kier alpha value is -1.31. The maximum atomic E-state index is 13.6. The highest BCUT2D eigenvalue weighted by Gasteiger charge is 2.24. The Morgan fingerprint density at radius 3 is 2.53 bits per heavy atom.